The molecule has 27 heavy (non-hydrogen) atoms. The van der Waals surface area contributed by atoms with E-state index >= 15 is 0 Å². The summed E-state index contributed by atoms with van der Waals surface area (Å²) in [6.07, 6.45) is 4.93. The van der Waals surface area contributed by atoms with Gasteiger partial charge in [-0.05, 0) is 38.5 Å². The highest BCUT2D eigenvalue weighted by Gasteiger charge is 2.18. The summed E-state index contributed by atoms with van der Waals surface area (Å²) < 4.78 is 15.3. The molecule has 0 aromatic rings. The summed E-state index contributed by atoms with van der Waals surface area (Å²) in [6.45, 7) is 9.57. The number of rotatable bonds is 8. The van der Waals surface area contributed by atoms with Crippen LogP contribution in [0.15, 0.2) is 34.9 Å². The normalized spacial score (nSPS) is 12.2. The fourth-order valence-corrected chi connectivity index (χ4v) is 1.84. The van der Waals surface area contributed by atoms with Crippen LogP contribution in [0, 0.1) is 11.8 Å². The molecule has 0 fully saturated rings. The first kappa shape index (κ1) is 24.2. The van der Waals surface area contributed by atoms with Crippen LogP contribution < -0.4 is 0 Å². The van der Waals surface area contributed by atoms with Gasteiger partial charge < -0.3 is 14.2 Å². The van der Waals surface area contributed by atoms with E-state index < -0.39 is 24.0 Å². The molecule has 0 bridgehead atoms. The molecule has 6 nitrogen and oxygen atoms in total. The van der Waals surface area contributed by atoms with Gasteiger partial charge in [-0.15, -0.1) is 0 Å². The molecule has 0 radical (unpaired) electrons. The van der Waals surface area contributed by atoms with Crippen LogP contribution in [0.3, 0.4) is 0 Å². The summed E-state index contributed by atoms with van der Waals surface area (Å²) in [4.78, 5) is 33.6. The van der Waals surface area contributed by atoms with E-state index in [1.165, 1.54) is 20.8 Å². The molecular formula is C21H28O6. The Morgan fingerprint density at radius 1 is 0.889 bits per heavy atom. The number of allylic oxidation sites excluding steroid dienone is 3. The lowest BCUT2D eigenvalue weighted by molar-refractivity contribution is -0.146. The molecule has 6 heteroatoms. The van der Waals surface area contributed by atoms with Gasteiger partial charge in [0.2, 0.25) is 0 Å². The van der Waals surface area contributed by atoms with Crippen LogP contribution in [-0.4, -0.2) is 37.2 Å². The minimum Gasteiger partial charge on any atom is -0.462 e. The number of ether oxygens (including phenoxy) is 3. The molecule has 0 aliphatic heterocycles. The molecule has 0 aromatic heterocycles. The molecule has 0 aromatic carbocycles. The molecule has 0 N–H and O–H groups in total. The number of esters is 3. The van der Waals surface area contributed by atoms with E-state index in [2.05, 4.69) is 11.8 Å². The van der Waals surface area contributed by atoms with Crippen LogP contribution in [0.1, 0.15) is 48.0 Å². The Hall–Kier alpha value is -2.81. The summed E-state index contributed by atoms with van der Waals surface area (Å²) in [5.41, 5.74) is 2.45. The Morgan fingerprint density at radius 3 is 2.04 bits per heavy atom. The van der Waals surface area contributed by atoms with Gasteiger partial charge in [0.15, 0.2) is 0 Å². The van der Waals surface area contributed by atoms with Crippen LogP contribution in [0.2, 0.25) is 0 Å². The van der Waals surface area contributed by atoms with E-state index in [1.54, 1.807) is 6.08 Å². The van der Waals surface area contributed by atoms with Crippen molar-refractivity contribution in [1.82, 2.24) is 0 Å². The average molecular weight is 376 g/mol. The average Bonchev–Trinajstić information content (AvgIpc) is 2.53. The third-order valence-electron chi connectivity index (χ3n) is 3.06. The van der Waals surface area contributed by atoms with Gasteiger partial charge in [0.25, 0.3) is 0 Å². The monoisotopic (exact) mass is 376 g/mol. The molecule has 0 rings (SSSR count). The molecule has 0 saturated carbocycles. The highest BCUT2D eigenvalue weighted by atomic mass is 16.6. The molecular weight excluding hydrogens is 348 g/mol. The smallest absolute Gasteiger partial charge is 0.303 e. The minimum absolute atomic E-state index is 0.00717. The van der Waals surface area contributed by atoms with Gasteiger partial charge in [-0.1, -0.05) is 23.5 Å². The Labute approximate surface area is 161 Å². The Bertz CT molecular complexity index is 681. The van der Waals surface area contributed by atoms with Crippen LogP contribution in [0.5, 0.6) is 0 Å². The van der Waals surface area contributed by atoms with Crippen LogP contribution in [-0.2, 0) is 28.6 Å². The van der Waals surface area contributed by atoms with Crippen molar-refractivity contribution < 1.29 is 28.6 Å². The van der Waals surface area contributed by atoms with Crippen molar-refractivity contribution in [2.75, 3.05) is 13.2 Å². The van der Waals surface area contributed by atoms with Gasteiger partial charge in [-0.2, -0.15) is 0 Å². The van der Waals surface area contributed by atoms with E-state index in [9.17, 15) is 14.4 Å². The van der Waals surface area contributed by atoms with Crippen molar-refractivity contribution in [2.24, 2.45) is 0 Å². The number of hydrogen-bond acceptors (Lipinski definition) is 6. The maximum atomic E-state index is 11.5. The molecule has 148 valence electrons. The topological polar surface area (TPSA) is 78.9 Å². The van der Waals surface area contributed by atoms with Crippen LogP contribution >= 0.6 is 0 Å². The predicted octanol–water partition coefficient (Wildman–Crippen LogP) is 3.28. The highest BCUT2D eigenvalue weighted by molar-refractivity contribution is 5.67. The summed E-state index contributed by atoms with van der Waals surface area (Å²) in [6, 6.07) is 0. The number of carbonyl (C=O) groups excluding carboxylic acids is 3. The first-order valence-corrected chi connectivity index (χ1v) is 8.56. The Balaban J connectivity index is 5.40. The standard InChI is InChI=1S/C21H28O6/c1-15(2)8-7-9-16(3)10-11-21(27-19(6)24)20(14-26-18(5)23)12-13-25-17(4)22/h8,10,12,21H,11,13-14H2,1-6H3/t21-/m0/s1. The third kappa shape index (κ3) is 14.1. The second-order valence-electron chi connectivity index (χ2n) is 6.07. The highest BCUT2D eigenvalue weighted by Crippen LogP contribution is 2.15. The Kier molecular flexibility index (Phi) is 12.0. The lowest BCUT2D eigenvalue weighted by atomic mass is 10.1. The van der Waals surface area contributed by atoms with E-state index in [-0.39, 0.29) is 13.2 Å². The van der Waals surface area contributed by atoms with Gasteiger partial charge in [0.05, 0.1) is 0 Å². The molecule has 0 heterocycles. The number of carbonyl (C=O) groups is 3. The summed E-state index contributed by atoms with van der Waals surface area (Å²) in [7, 11) is 0. The van der Waals surface area contributed by atoms with Gasteiger partial charge in [-0.25, -0.2) is 0 Å². The van der Waals surface area contributed by atoms with Gasteiger partial charge >= 0.3 is 17.9 Å². The molecule has 0 unspecified atom stereocenters. The predicted molar refractivity (Wildman–Crippen MR) is 102 cm³/mol. The van der Waals surface area contributed by atoms with Crippen molar-refractivity contribution >= 4 is 17.9 Å². The molecule has 1 atom stereocenters. The summed E-state index contributed by atoms with van der Waals surface area (Å²) >= 11 is 0. The largest absolute Gasteiger partial charge is 0.462 e. The third-order valence-corrected chi connectivity index (χ3v) is 3.06. The second-order valence-corrected chi connectivity index (χ2v) is 6.07. The van der Waals surface area contributed by atoms with Gasteiger partial charge in [-0.3, -0.25) is 14.4 Å². The Morgan fingerprint density at radius 2 is 1.52 bits per heavy atom. The maximum Gasteiger partial charge on any atom is 0.303 e. The zero-order chi connectivity index (χ0) is 20.8. The summed E-state index contributed by atoms with van der Waals surface area (Å²) in [5.74, 6) is 4.55. The molecule has 0 aliphatic rings. The van der Waals surface area contributed by atoms with Crippen molar-refractivity contribution in [3.8, 4) is 11.8 Å². The fourth-order valence-electron chi connectivity index (χ4n) is 1.84. The maximum absolute atomic E-state index is 11.5. The fraction of sp³-hybridized carbons (Fsp3) is 0.476. The van der Waals surface area contributed by atoms with Crippen LogP contribution in [0.25, 0.3) is 0 Å². The van der Waals surface area contributed by atoms with Crippen molar-refractivity contribution in [2.45, 2.75) is 54.1 Å². The van der Waals surface area contributed by atoms with Crippen molar-refractivity contribution in [3.05, 3.63) is 34.9 Å². The second kappa shape index (κ2) is 13.4. The van der Waals surface area contributed by atoms with E-state index in [0.29, 0.717) is 12.0 Å². The van der Waals surface area contributed by atoms with E-state index in [0.717, 1.165) is 11.1 Å². The first-order valence-electron chi connectivity index (χ1n) is 8.56. The lowest BCUT2D eigenvalue weighted by Crippen LogP contribution is -2.23. The van der Waals surface area contributed by atoms with E-state index in [4.69, 9.17) is 14.2 Å². The summed E-state index contributed by atoms with van der Waals surface area (Å²) in [5, 5.41) is 0. The minimum atomic E-state index is -0.655. The molecule has 0 aliphatic carbocycles. The molecule has 0 saturated heterocycles. The first-order chi connectivity index (χ1) is 12.6. The van der Waals surface area contributed by atoms with Crippen molar-refractivity contribution in [3.63, 3.8) is 0 Å². The zero-order valence-corrected chi connectivity index (χ0v) is 16.9. The molecule has 0 amide bonds. The lowest BCUT2D eigenvalue weighted by Gasteiger charge is -2.19. The van der Waals surface area contributed by atoms with E-state index in [1.807, 2.05) is 32.9 Å². The number of hydrogen-bond donors (Lipinski definition) is 0. The SMILES string of the molecule is CC(=O)OCC=C(COC(C)=O)[C@H](CC=C(C)C#CC=C(C)C)OC(C)=O. The zero-order valence-electron chi connectivity index (χ0n) is 16.9. The van der Waals surface area contributed by atoms with Gasteiger partial charge in [0, 0.05) is 32.8 Å². The molecule has 0 spiro atoms. The van der Waals surface area contributed by atoms with Crippen LogP contribution in [0.4, 0.5) is 0 Å². The quantitative estimate of drug-likeness (QED) is 0.280. The van der Waals surface area contributed by atoms with Crippen molar-refractivity contribution in [1.29, 1.82) is 0 Å². The van der Waals surface area contributed by atoms with Gasteiger partial charge in [0.1, 0.15) is 19.3 Å².